The Kier molecular flexibility index (Phi) is 5.13. The first-order chi connectivity index (χ1) is 11.8. The van der Waals surface area contributed by atoms with Crippen LogP contribution in [-0.2, 0) is 9.47 Å². The van der Waals surface area contributed by atoms with Crippen LogP contribution in [0.4, 0.5) is 10.6 Å². The molecule has 0 spiro atoms. The Morgan fingerprint density at radius 2 is 1.96 bits per heavy atom. The van der Waals surface area contributed by atoms with Crippen LogP contribution in [0.5, 0.6) is 0 Å². The zero-order valence-electron chi connectivity index (χ0n) is 15.6. The first-order valence-corrected chi connectivity index (χ1v) is 8.94. The van der Waals surface area contributed by atoms with Gasteiger partial charge < -0.3 is 19.3 Å². The summed E-state index contributed by atoms with van der Waals surface area (Å²) in [5, 5.41) is 0. The van der Waals surface area contributed by atoms with E-state index in [2.05, 4.69) is 20.9 Å². The predicted molar refractivity (Wildman–Crippen MR) is 94.8 cm³/mol. The number of aromatic nitrogens is 2. The summed E-state index contributed by atoms with van der Waals surface area (Å²) in [4.78, 5) is 24.9. The summed E-state index contributed by atoms with van der Waals surface area (Å²) in [6.45, 7) is 8.77. The van der Waals surface area contributed by atoms with Crippen LogP contribution < -0.4 is 4.90 Å². The molecule has 0 radical (unpaired) electrons. The molecule has 3 heterocycles. The number of hydrogen-bond acceptors (Lipinski definition) is 6. The Labute approximate surface area is 149 Å². The van der Waals surface area contributed by atoms with E-state index in [9.17, 15) is 4.79 Å². The summed E-state index contributed by atoms with van der Waals surface area (Å²) >= 11 is 0. The lowest BCUT2D eigenvalue weighted by atomic mass is 9.96. The topological polar surface area (TPSA) is 67.8 Å². The molecule has 7 heteroatoms. The highest BCUT2D eigenvalue weighted by Crippen LogP contribution is 2.29. The molecular weight excluding hydrogens is 320 g/mol. The van der Waals surface area contributed by atoms with Gasteiger partial charge in [0.1, 0.15) is 17.7 Å². The van der Waals surface area contributed by atoms with Crippen molar-refractivity contribution in [1.82, 2.24) is 14.9 Å². The lowest BCUT2D eigenvalue weighted by molar-refractivity contribution is 0.0196. The minimum atomic E-state index is -0.472. The second-order valence-corrected chi connectivity index (χ2v) is 7.84. The summed E-state index contributed by atoms with van der Waals surface area (Å²) in [6.07, 6.45) is 3.40. The summed E-state index contributed by atoms with van der Waals surface area (Å²) in [5.74, 6) is 1.39. The van der Waals surface area contributed by atoms with Gasteiger partial charge in [0.25, 0.3) is 0 Å². The van der Waals surface area contributed by atoms with E-state index in [-0.39, 0.29) is 12.1 Å². The zero-order chi connectivity index (χ0) is 18.0. The van der Waals surface area contributed by atoms with Crippen molar-refractivity contribution in [3.63, 3.8) is 0 Å². The minimum Gasteiger partial charge on any atom is -0.444 e. The molecule has 0 bridgehead atoms. The van der Waals surface area contributed by atoms with Crippen LogP contribution >= 0.6 is 0 Å². The fraction of sp³-hybridized carbons (Fsp3) is 0.722. The van der Waals surface area contributed by atoms with Crippen molar-refractivity contribution < 1.29 is 14.3 Å². The maximum atomic E-state index is 12.1. The molecule has 0 atom stereocenters. The fourth-order valence-electron chi connectivity index (χ4n) is 3.12. The highest BCUT2D eigenvalue weighted by Gasteiger charge is 2.35. The summed E-state index contributed by atoms with van der Waals surface area (Å²) in [5.41, 5.74) is 0.622. The van der Waals surface area contributed by atoms with E-state index >= 15 is 0 Å². The first-order valence-electron chi connectivity index (χ1n) is 8.94. The molecule has 1 aromatic heterocycles. The molecule has 2 saturated heterocycles. The number of likely N-dealkylation sites (N-methyl/N-ethyl adjacent to an activating group) is 1. The number of amides is 1. The SMILES string of the molecule is CN(C(=O)OC(C)(C)C)C1CN(c2cc(C3CCOCC3)ncn2)C1. The molecule has 3 rings (SSSR count). The minimum absolute atomic E-state index is 0.149. The van der Waals surface area contributed by atoms with Crippen molar-refractivity contribution in [2.75, 3.05) is 38.3 Å². The normalized spacial score (nSPS) is 19.4. The Morgan fingerprint density at radius 1 is 1.28 bits per heavy atom. The Bertz CT molecular complexity index is 605. The molecule has 2 aliphatic rings. The highest BCUT2D eigenvalue weighted by atomic mass is 16.6. The molecule has 1 aromatic rings. The Hall–Kier alpha value is -1.89. The molecule has 2 fully saturated rings. The molecule has 138 valence electrons. The zero-order valence-corrected chi connectivity index (χ0v) is 15.6. The van der Waals surface area contributed by atoms with E-state index in [4.69, 9.17) is 9.47 Å². The molecule has 2 aliphatic heterocycles. The van der Waals surface area contributed by atoms with Gasteiger partial charge in [-0.1, -0.05) is 0 Å². The number of carbonyl (C=O) groups excluding carboxylic acids is 1. The molecule has 0 aromatic carbocycles. The summed E-state index contributed by atoms with van der Waals surface area (Å²) in [7, 11) is 1.80. The van der Waals surface area contributed by atoms with Crippen LogP contribution in [0, 0.1) is 0 Å². The quantitative estimate of drug-likeness (QED) is 0.836. The Morgan fingerprint density at radius 3 is 2.60 bits per heavy atom. The van der Waals surface area contributed by atoms with E-state index in [1.54, 1.807) is 18.3 Å². The molecule has 0 unspecified atom stereocenters. The van der Waals surface area contributed by atoms with E-state index in [0.717, 1.165) is 50.7 Å². The van der Waals surface area contributed by atoms with Crippen molar-refractivity contribution in [1.29, 1.82) is 0 Å². The average Bonchev–Trinajstić information content (AvgIpc) is 2.53. The lowest BCUT2D eigenvalue weighted by Gasteiger charge is -2.44. The van der Waals surface area contributed by atoms with Crippen molar-refractivity contribution >= 4 is 11.9 Å². The van der Waals surface area contributed by atoms with Gasteiger partial charge in [-0.05, 0) is 33.6 Å². The van der Waals surface area contributed by atoms with E-state index in [1.165, 1.54) is 0 Å². The second kappa shape index (κ2) is 7.15. The van der Waals surface area contributed by atoms with E-state index in [0.29, 0.717) is 5.92 Å². The number of nitrogens with zero attached hydrogens (tertiary/aromatic N) is 4. The van der Waals surface area contributed by atoms with Crippen LogP contribution in [0.2, 0.25) is 0 Å². The highest BCUT2D eigenvalue weighted by molar-refractivity contribution is 5.69. The molecule has 7 nitrogen and oxygen atoms in total. The van der Waals surface area contributed by atoms with Gasteiger partial charge in [0.2, 0.25) is 0 Å². The van der Waals surface area contributed by atoms with E-state index < -0.39 is 5.60 Å². The third-order valence-electron chi connectivity index (χ3n) is 4.73. The maximum Gasteiger partial charge on any atom is 0.410 e. The van der Waals surface area contributed by atoms with Gasteiger partial charge in [0, 0.05) is 51.0 Å². The summed E-state index contributed by atoms with van der Waals surface area (Å²) in [6, 6.07) is 2.23. The predicted octanol–water partition coefficient (Wildman–Crippen LogP) is 2.43. The molecule has 0 aliphatic carbocycles. The molecule has 25 heavy (non-hydrogen) atoms. The number of carbonyl (C=O) groups is 1. The van der Waals surface area contributed by atoms with Gasteiger partial charge >= 0.3 is 6.09 Å². The standard InChI is InChI=1S/C18H28N4O3/c1-18(2,3)25-17(23)21(4)14-10-22(11-14)16-9-15(19-12-20-16)13-5-7-24-8-6-13/h9,12-14H,5-8,10-11H2,1-4H3. The van der Waals surface area contributed by atoms with Crippen molar-refractivity contribution in [3.8, 4) is 0 Å². The van der Waals surface area contributed by atoms with Crippen molar-refractivity contribution in [2.45, 2.75) is 51.2 Å². The van der Waals surface area contributed by atoms with E-state index in [1.807, 2.05) is 20.8 Å². The fourth-order valence-corrected chi connectivity index (χ4v) is 3.12. The lowest BCUT2D eigenvalue weighted by Crippen LogP contribution is -2.60. The number of anilines is 1. The number of rotatable bonds is 3. The van der Waals surface area contributed by atoms with Crippen LogP contribution in [0.25, 0.3) is 0 Å². The van der Waals surface area contributed by atoms with Gasteiger partial charge in [0.15, 0.2) is 0 Å². The average molecular weight is 348 g/mol. The van der Waals surface area contributed by atoms with Crippen LogP contribution in [-0.4, -0.2) is 66.0 Å². The monoisotopic (exact) mass is 348 g/mol. The number of ether oxygens (including phenoxy) is 2. The largest absolute Gasteiger partial charge is 0.444 e. The van der Waals surface area contributed by atoms with Crippen molar-refractivity contribution in [3.05, 3.63) is 18.1 Å². The van der Waals surface area contributed by atoms with Gasteiger partial charge in [-0.25, -0.2) is 14.8 Å². The van der Waals surface area contributed by atoms with Crippen LogP contribution in [0.1, 0.15) is 45.2 Å². The molecule has 0 saturated carbocycles. The van der Waals surface area contributed by atoms with Gasteiger partial charge in [-0.15, -0.1) is 0 Å². The third kappa shape index (κ3) is 4.39. The molecule has 0 N–H and O–H groups in total. The maximum absolute atomic E-state index is 12.1. The van der Waals surface area contributed by atoms with Gasteiger partial charge in [-0.2, -0.15) is 0 Å². The van der Waals surface area contributed by atoms with Crippen molar-refractivity contribution in [2.24, 2.45) is 0 Å². The Balaban J connectivity index is 1.56. The molecular formula is C18H28N4O3. The van der Waals surface area contributed by atoms with Crippen LogP contribution in [0.3, 0.4) is 0 Å². The van der Waals surface area contributed by atoms with Crippen LogP contribution in [0.15, 0.2) is 12.4 Å². The second-order valence-electron chi connectivity index (χ2n) is 7.84. The third-order valence-corrected chi connectivity index (χ3v) is 4.73. The van der Waals surface area contributed by atoms with Gasteiger partial charge in [0.05, 0.1) is 6.04 Å². The van der Waals surface area contributed by atoms with Gasteiger partial charge in [-0.3, -0.25) is 0 Å². The smallest absolute Gasteiger partial charge is 0.410 e. The summed E-state index contributed by atoms with van der Waals surface area (Å²) < 4.78 is 10.9. The molecule has 1 amide bonds. The number of hydrogen-bond donors (Lipinski definition) is 0. The first kappa shape index (κ1) is 17.9.